The van der Waals surface area contributed by atoms with Crippen LogP contribution < -0.4 is 10.6 Å². The quantitative estimate of drug-likeness (QED) is 0.332. The zero-order valence-corrected chi connectivity index (χ0v) is 17.5. The minimum Gasteiger partial charge on any atom is -0.481 e. The molecule has 0 radical (unpaired) electrons. The van der Waals surface area contributed by atoms with Crippen molar-refractivity contribution < 1.29 is 29.4 Å². The number of hydrogen-bond acceptors (Lipinski definition) is 5. The first-order valence-electron chi connectivity index (χ1n) is 9.57. The van der Waals surface area contributed by atoms with Crippen LogP contribution in [0.15, 0.2) is 60.7 Å². The molecule has 0 aromatic heterocycles. The molecule has 9 heteroatoms. The SMILES string of the molecule is O=C(O)C[C@H](NC(=O)[C@@H](S)Cc1ccccc1)C(=O)N[C@@H](Cc1ccccc1)C(=O)O. The van der Waals surface area contributed by atoms with Crippen molar-refractivity contribution >= 4 is 36.4 Å². The highest BCUT2D eigenvalue weighted by molar-refractivity contribution is 7.81. The maximum absolute atomic E-state index is 12.6. The van der Waals surface area contributed by atoms with E-state index in [0.29, 0.717) is 5.56 Å². The fourth-order valence-corrected chi connectivity index (χ4v) is 3.19. The maximum atomic E-state index is 12.6. The second kappa shape index (κ2) is 11.8. The summed E-state index contributed by atoms with van der Waals surface area (Å²) in [6.07, 6.45) is -0.400. The third-order valence-electron chi connectivity index (χ3n) is 4.48. The van der Waals surface area contributed by atoms with Gasteiger partial charge in [0.15, 0.2) is 0 Å². The van der Waals surface area contributed by atoms with Gasteiger partial charge in [-0.05, 0) is 17.5 Å². The number of aliphatic carboxylic acids is 2. The van der Waals surface area contributed by atoms with Gasteiger partial charge in [-0.2, -0.15) is 12.6 Å². The van der Waals surface area contributed by atoms with Gasteiger partial charge < -0.3 is 20.8 Å². The zero-order chi connectivity index (χ0) is 22.8. The Hall–Kier alpha value is -3.33. The average molecular weight is 445 g/mol. The number of carboxylic acid groups (broad SMARTS) is 2. The molecule has 3 atom stereocenters. The van der Waals surface area contributed by atoms with Crippen LogP contribution >= 0.6 is 12.6 Å². The average Bonchev–Trinajstić information content (AvgIpc) is 2.73. The molecular weight excluding hydrogens is 420 g/mol. The van der Waals surface area contributed by atoms with Crippen molar-refractivity contribution in [3.63, 3.8) is 0 Å². The van der Waals surface area contributed by atoms with E-state index >= 15 is 0 Å². The molecule has 0 fully saturated rings. The molecule has 8 nitrogen and oxygen atoms in total. The molecule has 0 heterocycles. The first kappa shape index (κ1) is 23.9. The van der Waals surface area contributed by atoms with Crippen molar-refractivity contribution in [2.45, 2.75) is 36.6 Å². The summed E-state index contributed by atoms with van der Waals surface area (Å²) in [7, 11) is 0. The molecule has 164 valence electrons. The molecule has 31 heavy (non-hydrogen) atoms. The molecular formula is C22H24N2O6S. The van der Waals surface area contributed by atoms with Gasteiger partial charge in [0.2, 0.25) is 11.8 Å². The van der Waals surface area contributed by atoms with Crippen LogP contribution in [0.5, 0.6) is 0 Å². The summed E-state index contributed by atoms with van der Waals surface area (Å²) in [5.41, 5.74) is 1.54. The van der Waals surface area contributed by atoms with Crippen molar-refractivity contribution in [1.29, 1.82) is 0 Å². The topological polar surface area (TPSA) is 133 Å². The van der Waals surface area contributed by atoms with Crippen LogP contribution in [0.4, 0.5) is 0 Å². The van der Waals surface area contributed by atoms with E-state index in [2.05, 4.69) is 23.3 Å². The lowest BCUT2D eigenvalue weighted by Gasteiger charge is -2.22. The Balaban J connectivity index is 2.05. The van der Waals surface area contributed by atoms with Gasteiger partial charge in [-0.3, -0.25) is 14.4 Å². The van der Waals surface area contributed by atoms with Crippen LogP contribution in [0, 0.1) is 0 Å². The predicted octanol–water partition coefficient (Wildman–Crippen LogP) is 1.30. The minimum atomic E-state index is -1.44. The molecule has 0 unspecified atom stereocenters. The molecule has 0 saturated heterocycles. The summed E-state index contributed by atoms with van der Waals surface area (Å²) in [4.78, 5) is 47.9. The van der Waals surface area contributed by atoms with Crippen LogP contribution in [0.3, 0.4) is 0 Å². The number of carboxylic acids is 2. The number of hydrogen-bond donors (Lipinski definition) is 5. The lowest BCUT2D eigenvalue weighted by molar-refractivity contribution is -0.143. The van der Waals surface area contributed by atoms with Crippen LogP contribution in [-0.4, -0.2) is 51.3 Å². The Morgan fingerprint density at radius 3 is 1.71 bits per heavy atom. The monoisotopic (exact) mass is 444 g/mol. The Morgan fingerprint density at radius 2 is 1.23 bits per heavy atom. The summed E-state index contributed by atoms with van der Waals surface area (Å²) < 4.78 is 0. The van der Waals surface area contributed by atoms with E-state index in [-0.39, 0.29) is 12.8 Å². The third kappa shape index (κ3) is 8.13. The van der Waals surface area contributed by atoms with Gasteiger partial charge in [0, 0.05) is 6.42 Å². The molecule has 0 spiro atoms. The van der Waals surface area contributed by atoms with Crippen LogP contribution in [0.25, 0.3) is 0 Å². The van der Waals surface area contributed by atoms with Gasteiger partial charge >= 0.3 is 11.9 Å². The lowest BCUT2D eigenvalue weighted by atomic mass is 10.0. The zero-order valence-electron chi connectivity index (χ0n) is 16.6. The smallest absolute Gasteiger partial charge is 0.326 e. The largest absolute Gasteiger partial charge is 0.481 e. The number of carbonyl (C=O) groups excluding carboxylic acids is 2. The van der Waals surface area contributed by atoms with Gasteiger partial charge in [-0.15, -0.1) is 0 Å². The molecule has 0 bridgehead atoms. The second-order valence-corrected chi connectivity index (χ2v) is 7.58. The predicted molar refractivity (Wildman–Crippen MR) is 117 cm³/mol. The number of benzene rings is 2. The van der Waals surface area contributed by atoms with E-state index in [1.165, 1.54) is 0 Å². The molecule has 0 aliphatic heterocycles. The van der Waals surface area contributed by atoms with Crippen LogP contribution in [-0.2, 0) is 32.0 Å². The van der Waals surface area contributed by atoms with E-state index in [1.54, 1.807) is 30.3 Å². The molecule has 0 saturated carbocycles. The number of carbonyl (C=O) groups is 4. The molecule has 2 aromatic carbocycles. The number of amides is 2. The highest BCUT2D eigenvalue weighted by atomic mass is 32.1. The van der Waals surface area contributed by atoms with E-state index in [9.17, 15) is 24.3 Å². The molecule has 2 aromatic rings. The number of rotatable bonds is 11. The molecule has 2 amide bonds. The van der Waals surface area contributed by atoms with E-state index in [4.69, 9.17) is 5.11 Å². The number of nitrogens with one attached hydrogen (secondary N) is 2. The van der Waals surface area contributed by atoms with Crippen molar-refractivity contribution in [2.75, 3.05) is 0 Å². The van der Waals surface area contributed by atoms with Crippen LogP contribution in [0.1, 0.15) is 17.5 Å². The summed E-state index contributed by atoms with van der Waals surface area (Å²) in [6, 6.07) is 15.1. The fourth-order valence-electron chi connectivity index (χ4n) is 2.90. The molecule has 0 aliphatic rings. The summed E-state index contributed by atoms with van der Waals surface area (Å²) in [6.45, 7) is 0. The summed E-state index contributed by atoms with van der Waals surface area (Å²) in [5, 5.41) is 22.5. The maximum Gasteiger partial charge on any atom is 0.326 e. The standard InChI is InChI=1S/C22H24N2O6S/c25-19(26)13-16(23-21(28)18(31)12-15-9-5-2-6-10-15)20(27)24-17(22(29)30)11-14-7-3-1-4-8-14/h1-10,16-18,31H,11-13H2,(H,23,28)(H,24,27)(H,25,26)(H,29,30)/t16-,17-,18-/m0/s1. The van der Waals surface area contributed by atoms with Gasteiger partial charge in [0.25, 0.3) is 0 Å². The number of thiol groups is 1. The van der Waals surface area contributed by atoms with Crippen molar-refractivity contribution in [3.8, 4) is 0 Å². The van der Waals surface area contributed by atoms with Crippen molar-refractivity contribution in [2.24, 2.45) is 0 Å². The lowest BCUT2D eigenvalue weighted by Crippen LogP contribution is -2.54. The Kier molecular flexibility index (Phi) is 9.08. The Bertz CT molecular complexity index is 907. The third-order valence-corrected chi connectivity index (χ3v) is 4.90. The first-order valence-corrected chi connectivity index (χ1v) is 10.1. The van der Waals surface area contributed by atoms with E-state index in [0.717, 1.165) is 5.56 Å². The van der Waals surface area contributed by atoms with Crippen LogP contribution in [0.2, 0.25) is 0 Å². The van der Waals surface area contributed by atoms with Crippen molar-refractivity contribution in [3.05, 3.63) is 71.8 Å². The van der Waals surface area contributed by atoms with Gasteiger partial charge in [0.1, 0.15) is 12.1 Å². The van der Waals surface area contributed by atoms with Gasteiger partial charge in [-0.1, -0.05) is 60.7 Å². The fraction of sp³-hybridized carbons (Fsp3) is 0.273. The summed E-state index contributed by atoms with van der Waals surface area (Å²) >= 11 is 4.25. The minimum absolute atomic E-state index is 0.0127. The first-order chi connectivity index (χ1) is 14.8. The Morgan fingerprint density at radius 1 is 0.742 bits per heavy atom. The normalized spacial score (nSPS) is 13.5. The molecule has 0 aliphatic carbocycles. The van der Waals surface area contributed by atoms with Gasteiger partial charge in [-0.25, -0.2) is 4.79 Å². The Labute approximate surface area is 185 Å². The highest BCUT2D eigenvalue weighted by Crippen LogP contribution is 2.09. The molecule has 2 rings (SSSR count). The molecule has 4 N–H and O–H groups in total. The van der Waals surface area contributed by atoms with Crippen molar-refractivity contribution in [1.82, 2.24) is 10.6 Å². The van der Waals surface area contributed by atoms with E-state index < -0.39 is 47.5 Å². The highest BCUT2D eigenvalue weighted by Gasteiger charge is 2.29. The van der Waals surface area contributed by atoms with E-state index in [1.807, 2.05) is 30.3 Å². The summed E-state index contributed by atoms with van der Waals surface area (Å²) in [5.74, 6) is -4.09. The second-order valence-electron chi connectivity index (χ2n) is 6.95. The van der Waals surface area contributed by atoms with Gasteiger partial charge in [0.05, 0.1) is 11.7 Å².